The van der Waals surface area contributed by atoms with Crippen LogP contribution < -0.4 is 5.32 Å². The van der Waals surface area contributed by atoms with Crippen LogP contribution >= 0.6 is 7.82 Å². The van der Waals surface area contributed by atoms with Gasteiger partial charge in [-0.2, -0.15) is 0 Å². The zero-order valence-corrected chi connectivity index (χ0v) is 16.6. The van der Waals surface area contributed by atoms with Crippen molar-refractivity contribution < 1.29 is 68.5 Å². The molecule has 1 unspecified atom stereocenters. The van der Waals surface area contributed by atoms with Gasteiger partial charge >= 0.3 is 7.82 Å². The zero-order chi connectivity index (χ0) is 22.8. The molecule has 2 fully saturated rings. The van der Waals surface area contributed by atoms with Gasteiger partial charge in [-0.1, -0.05) is 0 Å². The Bertz CT molecular complexity index is 630. The van der Waals surface area contributed by atoms with Gasteiger partial charge < -0.3 is 60.0 Å². The predicted octanol–water partition coefficient (Wildman–Crippen LogP) is -5.14. The minimum Gasteiger partial charge on any atom is -0.394 e. The van der Waals surface area contributed by atoms with E-state index in [1.54, 1.807) is 0 Å². The third-order valence-corrected chi connectivity index (χ3v) is 5.09. The third kappa shape index (κ3) is 5.92. The summed E-state index contributed by atoms with van der Waals surface area (Å²) in [6, 6.07) is -1.58. The van der Waals surface area contributed by atoms with Gasteiger partial charge in [0.05, 0.1) is 13.2 Å². The van der Waals surface area contributed by atoms with Crippen LogP contribution in [0.25, 0.3) is 0 Å². The Labute approximate surface area is 170 Å². The maximum Gasteiger partial charge on any atom is 0.472 e. The molecule has 0 bridgehead atoms. The lowest BCUT2D eigenvalue weighted by Crippen LogP contribution is -2.67. The molecule has 0 aromatic carbocycles. The van der Waals surface area contributed by atoms with E-state index >= 15 is 0 Å². The average molecular weight is 463 g/mol. The van der Waals surface area contributed by atoms with E-state index in [2.05, 4.69) is 9.84 Å². The van der Waals surface area contributed by atoms with Crippen molar-refractivity contribution in [2.45, 2.75) is 68.3 Å². The summed E-state index contributed by atoms with van der Waals surface area (Å²) < 4.78 is 31.4. The van der Waals surface area contributed by atoms with E-state index in [0.29, 0.717) is 0 Å². The van der Waals surface area contributed by atoms with E-state index in [4.69, 9.17) is 24.0 Å². The molecule has 30 heavy (non-hydrogen) atoms. The maximum atomic E-state index is 11.5. The van der Waals surface area contributed by atoms with E-state index in [-0.39, 0.29) is 0 Å². The first-order valence-electron chi connectivity index (χ1n) is 8.81. The zero-order valence-electron chi connectivity index (χ0n) is 15.7. The number of carbonyl (C=O) groups is 1. The molecule has 1 amide bonds. The highest BCUT2D eigenvalue weighted by Crippen LogP contribution is 2.41. The van der Waals surface area contributed by atoms with Crippen molar-refractivity contribution in [2.24, 2.45) is 0 Å². The largest absolute Gasteiger partial charge is 0.472 e. The summed E-state index contributed by atoms with van der Waals surface area (Å²) in [5.41, 5.74) is 0. The number of aliphatic hydroxyl groups is 6. The molecule has 16 heteroatoms. The molecule has 0 spiro atoms. The SMILES string of the molecule is CC(=O)N[C@H]1C(OP(=O)(O)O)O[C@H](CO)[C@@H](O[C@@H]2O[C@H](CO)[C@H](O)[C@H](O)[C@H]2O)[C@@H]1O. The van der Waals surface area contributed by atoms with Crippen molar-refractivity contribution in [3.63, 3.8) is 0 Å². The lowest BCUT2D eigenvalue weighted by atomic mass is 9.95. The van der Waals surface area contributed by atoms with Gasteiger partial charge in [-0.3, -0.25) is 9.32 Å². The monoisotopic (exact) mass is 463 g/mol. The Balaban J connectivity index is 2.25. The second-order valence-corrected chi connectivity index (χ2v) is 8.03. The molecule has 2 rings (SSSR count). The van der Waals surface area contributed by atoms with Crippen LogP contribution in [0.5, 0.6) is 0 Å². The van der Waals surface area contributed by atoms with Gasteiger partial charge in [0.15, 0.2) is 12.6 Å². The summed E-state index contributed by atoms with van der Waals surface area (Å²) in [5, 5.41) is 61.4. The number of hydrogen-bond donors (Lipinski definition) is 9. The van der Waals surface area contributed by atoms with Crippen LogP contribution in [0.4, 0.5) is 0 Å². The average Bonchev–Trinajstić information content (AvgIpc) is 2.65. The number of nitrogens with one attached hydrogen (secondary N) is 1. The number of amides is 1. The molecule has 10 atom stereocenters. The van der Waals surface area contributed by atoms with Crippen LogP contribution in [-0.2, 0) is 28.1 Å². The molecular formula is C14H26NO14P. The molecule has 2 saturated heterocycles. The molecule has 9 N–H and O–H groups in total. The molecule has 0 saturated carbocycles. The van der Waals surface area contributed by atoms with Crippen molar-refractivity contribution in [3.05, 3.63) is 0 Å². The molecule has 176 valence electrons. The fraction of sp³-hybridized carbons (Fsp3) is 0.929. The van der Waals surface area contributed by atoms with Crippen LogP contribution in [0.2, 0.25) is 0 Å². The summed E-state index contributed by atoms with van der Waals surface area (Å²) in [7, 11) is -5.13. The fourth-order valence-electron chi connectivity index (χ4n) is 3.18. The molecule has 0 radical (unpaired) electrons. The van der Waals surface area contributed by atoms with Crippen LogP contribution in [0.15, 0.2) is 0 Å². The number of carbonyl (C=O) groups excluding carboxylic acids is 1. The second kappa shape index (κ2) is 10.2. The summed E-state index contributed by atoms with van der Waals surface area (Å²) in [6.07, 6.45) is -15.0. The van der Waals surface area contributed by atoms with Gasteiger partial charge in [-0.25, -0.2) is 4.57 Å². The minimum atomic E-state index is -5.13. The van der Waals surface area contributed by atoms with Gasteiger partial charge in [0.2, 0.25) is 5.91 Å². The molecule has 2 aliphatic rings. The molecule has 0 aromatic rings. The standard InChI is InChI=1S/C14H26NO14P/c1-4(18)15-7-9(20)12(6(3-17)27-13(7)29-30(23,24)25)28-14-11(22)10(21)8(19)5(2-16)26-14/h5-14,16-17,19-22H,2-3H2,1H3,(H,15,18)(H2,23,24,25)/t5-,6-,7-,8+,9-,10+,11-,12-,13?,14+/m1/s1. The third-order valence-electron chi connectivity index (χ3n) is 4.60. The highest BCUT2D eigenvalue weighted by Gasteiger charge is 2.52. The van der Waals surface area contributed by atoms with Crippen molar-refractivity contribution in [2.75, 3.05) is 13.2 Å². The highest BCUT2D eigenvalue weighted by atomic mass is 31.2. The molecule has 0 aromatic heterocycles. The smallest absolute Gasteiger partial charge is 0.394 e. The summed E-state index contributed by atoms with van der Waals surface area (Å²) in [6.45, 7) is -0.551. The number of phosphoric acid groups is 1. The number of rotatable bonds is 7. The number of phosphoric ester groups is 1. The predicted molar refractivity (Wildman–Crippen MR) is 91.1 cm³/mol. The Morgan fingerprint density at radius 2 is 1.50 bits per heavy atom. The minimum absolute atomic E-state index is 0.726. The fourth-order valence-corrected chi connectivity index (χ4v) is 3.63. The van der Waals surface area contributed by atoms with Crippen LogP contribution in [0.1, 0.15) is 6.92 Å². The van der Waals surface area contributed by atoms with E-state index in [0.717, 1.165) is 6.92 Å². The number of ether oxygens (including phenoxy) is 3. The molecule has 2 heterocycles. The van der Waals surface area contributed by atoms with Crippen LogP contribution in [0, 0.1) is 0 Å². The Kier molecular flexibility index (Phi) is 8.68. The summed E-state index contributed by atoms with van der Waals surface area (Å²) in [4.78, 5) is 29.5. The van der Waals surface area contributed by atoms with Gasteiger partial charge in [-0.15, -0.1) is 0 Å². The quantitative estimate of drug-likeness (QED) is 0.160. The topological polar surface area (TPSA) is 245 Å². The van der Waals surface area contributed by atoms with Crippen molar-refractivity contribution >= 4 is 13.7 Å². The Morgan fingerprint density at radius 1 is 0.933 bits per heavy atom. The maximum absolute atomic E-state index is 11.5. The summed E-state index contributed by atoms with van der Waals surface area (Å²) >= 11 is 0. The first kappa shape index (κ1) is 25.5. The van der Waals surface area contributed by atoms with Crippen molar-refractivity contribution in [3.8, 4) is 0 Å². The Morgan fingerprint density at radius 3 is 2.00 bits per heavy atom. The van der Waals surface area contributed by atoms with Gasteiger partial charge in [-0.05, 0) is 0 Å². The first-order valence-corrected chi connectivity index (χ1v) is 10.3. The van der Waals surface area contributed by atoms with Gasteiger partial charge in [0.25, 0.3) is 0 Å². The van der Waals surface area contributed by atoms with Crippen molar-refractivity contribution in [1.29, 1.82) is 0 Å². The van der Waals surface area contributed by atoms with Crippen molar-refractivity contribution in [1.82, 2.24) is 5.32 Å². The van der Waals surface area contributed by atoms with Gasteiger partial charge in [0.1, 0.15) is 48.8 Å². The van der Waals surface area contributed by atoms with E-state index in [1.165, 1.54) is 0 Å². The van der Waals surface area contributed by atoms with Gasteiger partial charge in [0, 0.05) is 6.92 Å². The van der Waals surface area contributed by atoms with Crippen LogP contribution in [-0.4, -0.2) is 121 Å². The highest BCUT2D eigenvalue weighted by molar-refractivity contribution is 7.46. The van der Waals surface area contributed by atoms with E-state index in [1.807, 2.05) is 0 Å². The molecule has 2 aliphatic heterocycles. The lowest BCUT2D eigenvalue weighted by molar-refractivity contribution is -0.344. The molecule has 0 aliphatic carbocycles. The molecule has 15 nitrogen and oxygen atoms in total. The van der Waals surface area contributed by atoms with E-state index in [9.17, 15) is 40.0 Å². The first-order chi connectivity index (χ1) is 13.9. The number of aliphatic hydroxyl groups excluding tert-OH is 6. The van der Waals surface area contributed by atoms with Crippen LogP contribution in [0.3, 0.4) is 0 Å². The normalized spacial score (nSPS) is 42.7. The van der Waals surface area contributed by atoms with E-state index < -0.39 is 88.3 Å². The Hall–Kier alpha value is -0.780. The summed E-state index contributed by atoms with van der Waals surface area (Å²) in [5.74, 6) is -0.726. The number of hydrogen-bond acceptors (Lipinski definition) is 12. The second-order valence-electron chi connectivity index (χ2n) is 6.84. The lowest BCUT2D eigenvalue weighted by Gasteiger charge is -2.47. The molecular weight excluding hydrogens is 437 g/mol.